The van der Waals surface area contributed by atoms with Crippen molar-refractivity contribution < 1.29 is 22.8 Å². The Hall–Kier alpha value is -3.55. The van der Waals surface area contributed by atoms with E-state index in [1.54, 1.807) is 44.0 Å². The van der Waals surface area contributed by atoms with E-state index in [4.69, 9.17) is 0 Å². The van der Waals surface area contributed by atoms with Gasteiger partial charge in [0.15, 0.2) is 0 Å². The summed E-state index contributed by atoms with van der Waals surface area (Å²) < 4.78 is 40.6. The number of hydrogen-bond acceptors (Lipinski definition) is 2. The van der Waals surface area contributed by atoms with Crippen LogP contribution in [0.2, 0.25) is 0 Å². The van der Waals surface area contributed by atoms with Crippen LogP contribution in [0.5, 0.6) is 0 Å². The van der Waals surface area contributed by atoms with Crippen molar-refractivity contribution in [1.82, 2.24) is 14.7 Å². The van der Waals surface area contributed by atoms with Gasteiger partial charge in [-0.2, -0.15) is 13.2 Å². The van der Waals surface area contributed by atoms with Gasteiger partial charge in [0.2, 0.25) is 5.91 Å². The summed E-state index contributed by atoms with van der Waals surface area (Å²) in [5, 5.41) is 0. The third kappa shape index (κ3) is 5.28. The number of allylic oxidation sites excluding steroid dienone is 2. The third-order valence-electron chi connectivity index (χ3n) is 8.61. The summed E-state index contributed by atoms with van der Waals surface area (Å²) in [5.41, 5.74) is 1.49. The number of aryl methyl sites for hydroxylation is 2. The largest absolute Gasteiger partial charge is 0.416 e. The zero-order valence-electron chi connectivity index (χ0n) is 23.7. The van der Waals surface area contributed by atoms with E-state index in [2.05, 4.69) is 13.2 Å². The number of rotatable bonds is 7. The van der Waals surface area contributed by atoms with Gasteiger partial charge in [-0.05, 0) is 68.9 Å². The molecule has 2 aliphatic rings. The van der Waals surface area contributed by atoms with Crippen molar-refractivity contribution in [3.05, 3.63) is 95.6 Å². The van der Waals surface area contributed by atoms with Gasteiger partial charge in [-0.1, -0.05) is 48.0 Å². The summed E-state index contributed by atoms with van der Waals surface area (Å²) in [7, 11) is 1.63. The number of nitrogens with zero attached hydrogens (tertiary/aromatic N) is 3. The van der Waals surface area contributed by atoms with Gasteiger partial charge in [0.05, 0.1) is 29.1 Å². The predicted octanol–water partition coefficient (Wildman–Crippen LogP) is 7.23. The molecule has 3 atom stereocenters. The van der Waals surface area contributed by atoms with Gasteiger partial charge < -0.3 is 14.7 Å². The molecular weight excluding hydrogens is 515 g/mol. The number of carbonyl (C=O) groups excluding carboxylic acids is 2. The smallest absolute Gasteiger partial charge is 0.335 e. The highest BCUT2D eigenvalue weighted by molar-refractivity contribution is 5.87. The van der Waals surface area contributed by atoms with Gasteiger partial charge in [-0.25, -0.2) is 4.79 Å². The maximum absolute atomic E-state index is 14.2. The van der Waals surface area contributed by atoms with E-state index in [0.29, 0.717) is 43.5 Å². The number of alkyl halides is 3. The van der Waals surface area contributed by atoms with Crippen molar-refractivity contribution >= 4 is 11.9 Å². The average Bonchev–Trinajstić information content (AvgIpc) is 3.18. The zero-order chi connectivity index (χ0) is 29.4. The molecule has 8 heteroatoms. The van der Waals surface area contributed by atoms with Crippen LogP contribution in [0.1, 0.15) is 66.1 Å². The molecule has 0 saturated carbocycles. The molecule has 2 heterocycles. The zero-order valence-corrected chi connectivity index (χ0v) is 23.7. The predicted molar refractivity (Wildman–Crippen MR) is 151 cm³/mol. The number of benzene rings is 2. The van der Waals surface area contributed by atoms with E-state index in [9.17, 15) is 22.8 Å². The molecule has 2 saturated heterocycles. The molecule has 2 aromatic carbocycles. The molecule has 0 radical (unpaired) electrons. The maximum Gasteiger partial charge on any atom is 0.416 e. The molecule has 3 unspecified atom stereocenters. The molecule has 0 aromatic heterocycles. The van der Waals surface area contributed by atoms with E-state index in [1.807, 2.05) is 36.1 Å². The van der Waals surface area contributed by atoms with Crippen molar-refractivity contribution in [2.45, 2.75) is 64.3 Å². The van der Waals surface area contributed by atoms with Crippen molar-refractivity contribution in [2.24, 2.45) is 5.41 Å². The van der Waals surface area contributed by atoms with E-state index in [-0.39, 0.29) is 18.0 Å². The van der Waals surface area contributed by atoms with Crippen LogP contribution in [0.3, 0.4) is 0 Å². The molecule has 0 spiro atoms. The summed E-state index contributed by atoms with van der Waals surface area (Å²) >= 11 is 0. The molecule has 214 valence electrons. The molecule has 2 fully saturated rings. The Morgan fingerprint density at radius 2 is 1.77 bits per heavy atom. The Bertz CT molecular complexity index is 1290. The molecule has 3 amide bonds. The highest BCUT2D eigenvalue weighted by Gasteiger charge is 2.56. The molecule has 4 rings (SSSR count). The highest BCUT2D eigenvalue weighted by atomic mass is 19.4. The van der Waals surface area contributed by atoms with Crippen LogP contribution in [0, 0.1) is 19.3 Å². The number of piperazine rings is 1. The van der Waals surface area contributed by atoms with Crippen LogP contribution in [-0.2, 0) is 11.0 Å². The van der Waals surface area contributed by atoms with Gasteiger partial charge in [-0.15, -0.1) is 13.2 Å². The standard InChI is InChI=1S/C32H38F3N3O2/c1-7-13-31(14-8-2)20-27-28(26-12-10-9-11-22(26)4)38(16-15-37(27)29(31)39)30(40)36(6)23(5)24-17-21(3)18-25(19-24)32(33,34)35/h7-12,17-19,23,27-28H,1-2,13-16,20H2,3-6H3. The van der Waals surface area contributed by atoms with E-state index in [1.165, 1.54) is 4.90 Å². The summed E-state index contributed by atoms with van der Waals surface area (Å²) in [4.78, 5) is 33.1. The first-order chi connectivity index (χ1) is 18.8. The lowest BCUT2D eigenvalue weighted by molar-refractivity contribution is -0.139. The van der Waals surface area contributed by atoms with E-state index in [0.717, 1.165) is 23.3 Å². The van der Waals surface area contributed by atoms with Gasteiger partial charge in [0, 0.05) is 20.1 Å². The fourth-order valence-corrected chi connectivity index (χ4v) is 6.46. The van der Waals surface area contributed by atoms with Gasteiger partial charge in [0.1, 0.15) is 0 Å². The minimum atomic E-state index is -4.48. The SMILES string of the molecule is C=CCC1(CC=C)CC2C(c3ccccc3C)N(C(=O)N(C)C(C)c3cc(C)cc(C(F)(F)F)c3)CCN2C1=O. The Labute approximate surface area is 234 Å². The lowest BCUT2D eigenvalue weighted by Gasteiger charge is -2.47. The van der Waals surface area contributed by atoms with E-state index >= 15 is 0 Å². The monoisotopic (exact) mass is 553 g/mol. The molecule has 0 N–H and O–H groups in total. The number of fused-ring (bicyclic) bond motifs is 1. The van der Waals surface area contributed by atoms with Gasteiger partial charge >= 0.3 is 12.2 Å². The first-order valence-corrected chi connectivity index (χ1v) is 13.6. The first kappa shape index (κ1) is 29.4. The average molecular weight is 554 g/mol. The Kier molecular flexibility index (Phi) is 8.20. The lowest BCUT2D eigenvalue weighted by atomic mass is 9.76. The van der Waals surface area contributed by atoms with Crippen LogP contribution >= 0.6 is 0 Å². The van der Waals surface area contributed by atoms with Crippen molar-refractivity contribution in [1.29, 1.82) is 0 Å². The third-order valence-corrected chi connectivity index (χ3v) is 8.61. The fourth-order valence-electron chi connectivity index (χ4n) is 6.46. The van der Waals surface area contributed by atoms with Gasteiger partial charge in [0.25, 0.3) is 0 Å². The van der Waals surface area contributed by atoms with Crippen molar-refractivity contribution in [2.75, 3.05) is 20.1 Å². The molecule has 0 aliphatic carbocycles. The second kappa shape index (κ2) is 11.1. The first-order valence-electron chi connectivity index (χ1n) is 13.6. The molecule has 40 heavy (non-hydrogen) atoms. The van der Waals surface area contributed by atoms with Crippen LogP contribution in [0.25, 0.3) is 0 Å². The number of urea groups is 1. The number of carbonyl (C=O) groups is 2. The summed E-state index contributed by atoms with van der Waals surface area (Å²) in [6.45, 7) is 13.8. The Morgan fingerprint density at radius 1 is 1.12 bits per heavy atom. The quantitative estimate of drug-likeness (QED) is 0.340. The number of amides is 3. The van der Waals surface area contributed by atoms with Crippen molar-refractivity contribution in [3.8, 4) is 0 Å². The molecule has 0 bridgehead atoms. The topological polar surface area (TPSA) is 43.9 Å². The Balaban J connectivity index is 1.72. The number of hydrogen-bond donors (Lipinski definition) is 0. The number of halogens is 3. The summed E-state index contributed by atoms with van der Waals surface area (Å²) in [6, 6.07) is 10.2. The van der Waals surface area contributed by atoms with Crippen LogP contribution in [0.15, 0.2) is 67.8 Å². The molecule has 2 aromatic rings. The summed E-state index contributed by atoms with van der Waals surface area (Å²) in [5.74, 6) is 0.0594. The Morgan fingerprint density at radius 3 is 2.38 bits per heavy atom. The molecule has 5 nitrogen and oxygen atoms in total. The minimum Gasteiger partial charge on any atom is -0.335 e. The van der Waals surface area contributed by atoms with Gasteiger partial charge in [-0.3, -0.25) is 4.79 Å². The second-order valence-electron chi connectivity index (χ2n) is 11.2. The van der Waals surface area contributed by atoms with Crippen LogP contribution in [-0.4, -0.2) is 52.8 Å². The summed E-state index contributed by atoms with van der Waals surface area (Å²) in [6.07, 6.45) is 0.666. The molecule has 2 aliphatic heterocycles. The van der Waals surface area contributed by atoms with Crippen LogP contribution < -0.4 is 0 Å². The van der Waals surface area contributed by atoms with Crippen LogP contribution in [0.4, 0.5) is 18.0 Å². The lowest BCUT2D eigenvalue weighted by Crippen LogP contribution is -2.57. The van der Waals surface area contributed by atoms with Crippen molar-refractivity contribution in [3.63, 3.8) is 0 Å². The second-order valence-corrected chi connectivity index (χ2v) is 11.2. The minimum absolute atomic E-state index is 0.0594. The normalized spacial score (nSPS) is 21.1. The van der Waals surface area contributed by atoms with E-state index < -0.39 is 29.2 Å². The highest BCUT2D eigenvalue weighted by Crippen LogP contribution is 2.49. The fraction of sp³-hybridized carbons (Fsp3) is 0.438. The maximum atomic E-state index is 14.2. The molecular formula is C32H38F3N3O2.